The van der Waals surface area contributed by atoms with Gasteiger partial charge < -0.3 is 29.2 Å². The van der Waals surface area contributed by atoms with Crippen LogP contribution in [0.4, 0.5) is 5.69 Å². The van der Waals surface area contributed by atoms with Crippen molar-refractivity contribution in [1.29, 1.82) is 0 Å². The van der Waals surface area contributed by atoms with Crippen molar-refractivity contribution < 1.29 is 28.5 Å². The first kappa shape index (κ1) is 20.5. The Morgan fingerprint density at radius 3 is 2.17 bits per heavy atom. The molecular formula is C21H24N2O6. The molecule has 8 nitrogen and oxygen atoms in total. The first-order valence-corrected chi connectivity index (χ1v) is 9.16. The van der Waals surface area contributed by atoms with Gasteiger partial charge in [-0.2, -0.15) is 0 Å². The third-order valence-corrected chi connectivity index (χ3v) is 4.63. The second-order valence-corrected chi connectivity index (χ2v) is 6.32. The zero-order valence-electron chi connectivity index (χ0n) is 16.7. The fourth-order valence-electron chi connectivity index (χ4n) is 3.12. The summed E-state index contributed by atoms with van der Waals surface area (Å²) in [6, 6.07) is 10.0. The van der Waals surface area contributed by atoms with Gasteiger partial charge in [0, 0.05) is 18.7 Å². The summed E-state index contributed by atoms with van der Waals surface area (Å²) >= 11 is 0. The molecular weight excluding hydrogens is 376 g/mol. The summed E-state index contributed by atoms with van der Waals surface area (Å²) in [5.41, 5.74) is 1.17. The number of anilines is 1. The van der Waals surface area contributed by atoms with Crippen LogP contribution in [0.15, 0.2) is 36.4 Å². The highest BCUT2D eigenvalue weighted by Gasteiger charge is 2.23. The van der Waals surface area contributed by atoms with Crippen LogP contribution < -0.4 is 19.5 Å². The second-order valence-electron chi connectivity index (χ2n) is 6.32. The molecule has 2 aromatic rings. The summed E-state index contributed by atoms with van der Waals surface area (Å²) < 4.78 is 21.2. The lowest BCUT2D eigenvalue weighted by Gasteiger charge is -2.27. The molecule has 1 aliphatic rings. The zero-order chi connectivity index (χ0) is 20.8. The molecule has 1 N–H and O–H groups in total. The van der Waals surface area contributed by atoms with Gasteiger partial charge in [0.2, 0.25) is 5.75 Å². The van der Waals surface area contributed by atoms with E-state index < -0.39 is 5.91 Å². The molecule has 0 saturated carbocycles. The first-order valence-electron chi connectivity index (χ1n) is 9.16. The fraction of sp³-hybridized carbons (Fsp3) is 0.333. The highest BCUT2D eigenvalue weighted by atomic mass is 16.5. The molecule has 2 amide bonds. The average Bonchev–Trinajstić information content (AvgIpc) is 2.78. The van der Waals surface area contributed by atoms with Gasteiger partial charge in [0.1, 0.15) is 0 Å². The van der Waals surface area contributed by atoms with Gasteiger partial charge in [0.25, 0.3) is 11.8 Å². The number of para-hydroxylation sites is 1. The normalized spacial score (nSPS) is 13.6. The molecule has 0 aliphatic carbocycles. The average molecular weight is 400 g/mol. The molecule has 0 aromatic heterocycles. The maximum Gasteiger partial charge on any atom is 0.256 e. The van der Waals surface area contributed by atoms with E-state index >= 15 is 0 Å². The van der Waals surface area contributed by atoms with E-state index in [9.17, 15) is 9.59 Å². The van der Waals surface area contributed by atoms with Crippen LogP contribution in [-0.4, -0.2) is 64.3 Å². The number of morpholine rings is 1. The van der Waals surface area contributed by atoms with Crippen molar-refractivity contribution in [3.05, 3.63) is 47.5 Å². The minimum atomic E-state index is -0.397. The number of benzene rings is 2. The van der Waals surface area contributed by atoms with Crippen molar-refractivity contribution in [2.45, 2.75) is 0 Å². The maximum absolute atomic E-state index is 12.9. The van der Waals surface area contributed by atoms with Gasteiger partial charge >= 0.3 is 0 Å². The lowest BCUT2D eigenvalue weighted by Crippen LogP contribution is -2.41. The summed E-state index contributed by atoms with van der Waals surface area (Å²) in [6.07, 6.45) is 0. The van der Waals surface area contributed by atoms with E-state index in [-0.39, 0.29) is 5.91 Å². The predicted octanol–water partition coefficient (Wildman–Crippen LogP) is 2.44. The number of hydrogen-bond acceptors (Lipinski definition) is 6. The molecule has 154 valence electrons. The van der Waals surface area contributed by atoms with Gasteiger partial charge in [0.15, 0.2) is 11.5 Å². The minimum absolute atomic E-state index is 0.144. The van der Waals surface area contributed by atoms with Crippen molar-refractivity contribution in [2.24, 2.45) is 0 Å². The van der Waals surface area contributed by atoms with Crippen LogP contribution in [0.5, 0.6) is 17.2 Å². The van der Waals surface area contributed by atoms with Crippen LogP contribution in [0.25, 0.3) is 0 Å². The number of methoxy groups -OCH3 is 3. The Morgan fingerprint density at radius 2 is 1.59 bits per heavy atom. The van der Waals surface area contributed by atoms with Crippen molar-refractivity contribution in [3.8, 4) is 17.2 Å². The number of amides is 2. The number of nitrogens with zero attached hydrogens (tertiary/aromatic N) is 1. The molecule has 1 saturated heterocycles. The van der Waals surface area contributed by atoms with E-state index in [4.69, 9.17) is 18.9 Å². The molecule has 1 fully saturated rings. The lowest BCUT2D eigenvalue weighted by atomic mass is 10.1. The number of carbonyl (C=O) groups is 2. The van der Waals surface area contributed by atoms with Gasteiger partial charge in [-0.1, -0.05) is 12.1 Å². The minimum Gasteiger partial charge on any atom is -0.493 e. The first-order chi connectivity index (χ1) is 14.1. The van der Waals surface area contributed by atoms with Crippen LogP contribution in [0.1, 0.15) is 20.7 Å². The Labute approximate surface area is 169 Å². The molecule has 0 atom stereocenters. The number of carbonyl (C=O) groups excluding carboxylic acids is 2. The van der Waals surface area contributed by atoms with Crippen molar-refractivity contribution in [3.63, 3.8) is 0 Å². The number of hydrogen-bond donors (Lipinski definition) is 1. The molecule has 0 bridgehead atoms. The molecule has 3 rings (SSSR count). The van der Waals surface area contributed by atoms with Crippen molar-refractivity contribution >= 4 is 17.5 Å². The Bertz CT molecular complexity index is 867. The van der Waals surface area contributed by atoms with E-state index in [1.165, 1.54) is 21.3 Å². The SMILES string of the molecule is COc1cc(C(=O)Nc2ccccc2C(=O)N2CCOCC2)cc(OC)c1OC. The van der Waals surface area contributed by atoms with E-state index in [0.29, 0.717) is 60.4 Å². The molecule has 0 unspecified atom stereocenters. The third kappa shape index (κ3) is 4.43. The van der Waals surface area contributed by atoms with Crippen LogP contribution in [0.2, 0.25) is 0 Å². The van der Waals surface area contributed by atoms with Gasteiger partial charge in [-0.25, -0.2) is 0 Å². The number of rotatable bonds is 6. The van der Waals surface area contributed by atoms with Gasteiger partial charge in [-0.15, -0.1) is 0 Å². The van der Waals surface area contributed by atoms with Crippen LogP contribution >= 0.6 is 0 Å². The maximum atomic E-state index is 12.9. The number of nitrogens with one attached hydrogen (secondary N) is 1. The predicted molar refractivity (Wildman–Crippen MR) is 107 cm³/mol. The summed E-state index contributed by atoms with van der Waals surface area (Å²) in [7, 11) is 4.46. The van der Waals surface area contributed by atoms with E-state index in [2.05, 4.69) is 5.32 Å². The molecule has 8 heteroatoms. The number of ether oxygens (including phenoxy) is 4. The summed E-state index contributed by atoms with van der Waals surface area (Å²) in [6.45, 7) is 2.05. The molecule has 29 heavy (non-hydrogen) atoms. The summed E-state index contributed by atoms with van der Waals surface area (Å²) in [4.78, 5) is 27.5. The second kappa shape index (κ2) is 9.29. The van der Waals surface area contributed by atoms with Gasteiger partial charge in [-0.05, 0) is 24.3 Å². The van der Waals surface area contributed by atoms with Crippen LogP contribution in [-0.2, 0) is 4.74 Å². The Balaban J connectivity index is 1.87. The quantitative estimate of drug-likeness (QED) is 0.802. The standard InChI is InChI=1S/C21H24N2O6/c1-26-17-12-14(13-18(27-2)19(17)28-3)20(24)22-16-7-5-4-6-15(16)21(25)23-8-10-29-11-9-23/h4-7,12-13H,8-11H2,1-3H3,(H,22,24). The molecule has 1 heterocycles. The highest BCUT2D eigenvalue weighted by molar-refractivity contribution is 6.09. The zero-order valence-corrected chi connectivity index (χ0v) is 16.7. The largest absolute Gasteiger partial charge is 0.493 e. The highest BCUT2D eigenvalue weighted by Crippen LogP contribution is 2.38. The van der Waals surface area contributed by atoms with Crippen LogP contribution in [0, 0.1) is 0 Å². The third-order valence-electron chi connectivity index (χ3n) is 4.63. The topological polar surface area (TPSA) is 86.3 Å². The smallest absolute Gasteiger partial charge is 0.256 e. The molecule has 0 spiro atoms. The Hall–Kier alpha value is -3.26. The van der Waals surface area contributed by atoms with Crippen molar-refractivity contribution in [2.75, 3.05) is 52.9 Å². The van der Waals surface area contributed by atoms with Crippen molar-refractivity contribution in [1.82, 2.24) is 4.90 Å². The van der Waals surface area contributed by atoms with E-state index in [0.717, 1.165) is 0 Å². The Morgan fingerprint density at radius 1 is 0.966 bits per heavy atom. The lowest BCUT2D eigenvalue weighted by molar-refractivity contribution is 0.0303. The molecule has 1 aliphatic heterocycles. The Kier molecular flexibility index (Phi) is 6.56. The van der Waals surface area contributed by atoms with Crippen LogP contribution in [0.3, 0.4) is 0 Å². The van der Waals surface area contributed by atoms with Gasteiger partial charge in [0.05, 0.1) is 45.8 Å². The van der Waals surface area contributed by atoms with E-state index in [1.54, 1.807) is 41.3 Å². The molecule has 2 aromatic carbocycles. The monoisotopic (exact) mass is 400 g/mol. The summed E-state index contributed by atoms with van der Waals surface area (Å²) in [5, 5.41) is 2.82. The molecule has 0 radical (unpaired) electrons. The fourth-order valence-corrected chi connectivity index (χ4v) is 3.12. The van der Waals surface area contributed by atoms with Gasteiger partial charge in [-0.3, -0.25) is 9.59 Å². The summed E-state index contributed by atoms with van der Waals surface area (Å²) in [5.74, 6) is 0.597. The van der Waals surface area contributed by atoms with E-state index in [1.807, 2.05) is 0 Å².